The van der Waals surface area contributed by atoms with Crippen LogP contribution in [0.15, 0.2) is 60.7 Å². The van der Waals surface area contributed by atoms with Crippen LogP contribution in [0.25, 0.3) is 11.1 Å². The molecular weight excluding hydrogens is 568 g/mol. The zero-order valence-electron chi connectivity index (χ0n) is 25.6. The van der Waals surface area contributed by atoms with Crippen LogP contribution in [-0.2, 0) is 23.7 Å². The fourth-order valence-electron chi connectivity index (χ4n) is 4.90. The van der Waals surface area contributed by atoms with E-state index < -0.39 is 42.1 Å². The molecular formula is C33H39N2O9+. The maximum absolute atomic E-state index is 13.6. The molecule has 4 rings (SSSR count). The first-order chi connectivity index (χ1) is 21.1. The van der Waals surface area contributed by atoms with E-state index in [9.17, 15) is 9.59 Å². The van der Waals surface area contributed by atoms with E-state index >= 15 is 0 Å². The first kappa shape index (κ1) is 32.7. The second kappa shape index (κ2) is 15.0. The van der Waals surface area contributed by atoms with Gasteiger partial charge in [-0.05, 0) is 57.0 Å². The van der Waals surface area contributed by atoms with Crippen molar-refractivity contribution < 1.29 is 42.7 Å². The summed E-state index contributed by atoms with van der Waals surface area (Å²) in [6.07, 6.45) is 5.14. The van der Waals surface area contributed by atoms with Crippen LogP contribution in [0.4, 0.5) is 0 Å². The molecule has 1 saturated heterocycles. The second-order valence-electron chi connectivity index (χ2n) is 11.0. The molecule has 11 nitrogen and oxygen atoms in total. The van der Waals surface area contributed by atoms with Crippen molar-refractivity contribution in [3.05, 3.63) is 82.4 Å². The van der Waals surface area contributed by atoms with E-state index in [1.165, 1.54) is 7.11 Å². The van der Waals surface area contributed by atoms with Crippen LogP contribution in [0.1, 0.15) is 60.4 Å². The van der Waals surface area contributed by atoms with Gasteiger partial charge in [-0.25, -0.2) is 9.59 Å². The van der Waals surface area contributed by atoms with E-state index in [1.807, 2.05) is 39.0 Å². The van der Waals surface area contributed by atoms with E-state index in [1.54, 1.807) is 55.5 Å². The van der Waals surface area contributed by atoms with Gasteiger partial charge in [0.2, 0.25) is 5.39 Å². The Bertz CT molecular complexity index is 1400. The van der Waals surface area contributed by atoms with E-state index in [-0.39, 0.29) is 37.2 Å². The summed E-state index contributed by atoms with van der Waals surface area (Å²) in [5, 5.41) is 8.82. The van der Waals surface area contributed by atoms with Crippen LogP contribution < -0.4 is 9.47 Å². The lowest BCUT2D eigenvalue weighted by Gasteiger charge is -2.25. The van der Waals surface area contributed by atoms with Gasteiger partial charge < -0.3 is 33.2 Å². The first-order valence-corrected chi connectivity index (χ1v) is 14.5. The second-order valence-corrected chi connectivity index (χ2v) is 11.0. The number of esters is 2. The molecule has 2 heterocycles. The fourth-order valence-corrected chi connectivity index (χ4v) is 4.90. The molecule has 2 aromatic carbocycles. The van der Waals surface area contributed by atoms with Crippen LogP contribution in [0.3, 0.4) is 0 Å². The summed E-state index contributed by atoms with van der Waals surface area (Å²) in [6.45, 7) is 7.37. The molecule has 11 heteroatoms. The Kier molecular flexibility index (Phi) is 11.1. The Morgan fingerprint density at radius 3 is 2.59 bits per heavy atom. The molecule has 0 radical (unpaired) electrons. The lowest BCUT2D eigenvalue weighted by molar-refractivity contribution is -0.152. The monoisotopic (exact) mass is 607 g/mol. The number of carbonyl (C=O) groups is 2. The Labute approximate surface area is 257 Å². The number of hydrogen-bond donors (Lipinski definition) is 0. The van der Waals surface area contributed by atoms with Gasteiger partial charge in [0.05, 0.1) is 11.7 Å². The molecule has 0 aromatic heterocycles. The number of hydrogen-bond acceptors (Lipinski definition) is 10. The maximum Gasteiger partial charge on any atom is 0.342 e. The number of cyclic esters (lactones) is 1. The summed E-state index contributed by atoms with van der Waals surface area (Å²) in [5.74, 6) is -1.67. The predicted molar refractivity (Wildman–Crippen MR) is 161 cm³/mol. The molecule has 2 unspecified atom stereocenters. The van der Waals surface area contributed by atoms with Crippen molar-refractivity contribution in [3.63, 3.8) is 0 Å². The molecule has 44 heavy (non-hydrogen) atoms. The molecule has 234 valence electrons. The number of carbonyl (C=O) groups excluding carboxylic acids is 2. The summed E-state index contributed by atoms with van der Waals surface area (Å²) >= 11 is 0. The maximum atomic E-state index is 13.6. The molecule has 1 fully saturated rings. The Morgan fingerprint density at radius 1 is 1.09 bits per heavy atom. The number of methoxy groups -OCH3 is 1. The molecule has 2 aliphatic heterocycles. The molecule has 0 aliphatic carbocycles. The highest BCUT2D eigenvalue weighted by atomic mass is 16.8. The minimum Gasteiger partial charge on any atom is -0.485 e. The third-order valence-corrected chi connectivity index (χ3v) is 7.20. The van der Waals surface area contributed by atoms with E-state index in [4.69, 9.17) is 38.6 Å². The van der Waals surface area contributed by atoms with Gasteiger partial charge in [-0.3, -0.25) is 0 Å². The normalized spacial score (nSPS) is 26.1. The quantitative estimate of drug-likeness (QED) is 0.119. The van der Waals surface area contributed by atoms with Crippen LogP contribution in [-0.4, -0.2) is 69.2 Å². The van der Waals surface area contributed by atoms with E-state index in [2.05, 4.69) is 4.98 Å². The van der Waals surface area contributed by atoms with Gasteiger partial charge in [0.1, 0.15) is 40.4 Å². The molecule has 0 N–H and O–H groups in total. The number of rotatable bonds is 8. The molecule has 0 saturated carbocycles. The van der Waals surface area contributed by atoms with Gasteiger partial charge in [0, 0.05) is 19.1 Å². The summed E-state index contributed by atoms with van der Waals surface area (Å²) in [5.41, 5.74) is 1.10. The van der Waals surface area contributed by atoms with E-state index in [0.717, 1.165) is 0 Å². The Morgan fingerprint density at radius 2 is 1.86 bits per heavy atom. The SMILES string of the molecule is COCOc1cc(OCC[N+]#N)cc2c1C(=O)O[C@@H](C)[C@H](C)/C=C\C(OC(=O)c1ccccc1)C1OC(C)(C)O[C@H]1C/C=C/2. The first-order valence-electron chi connectivity index (χ1n) is 14.5. The predicted octanol–water partition coefficient (Wildman–Crippen LogP) is 5.80. The van der Waals surface area contributed by atoms with Crippen LogP contribution in [0.5, 0.6) is 11.5 Å². The minimum absolute atomic E-state index is 0.0678. The van der Waals surface area contributed by atoms with Crippen molar-refractivity contribution in [2.45, 2.75) is 64.3 Å². The van der Waals surface area contributed by atoms with E-state index in [0.29, 0.717) is 23.3 Å². The van der Waals surface area contributed by atoms with Gasteiger partial charge >= 0.3 is 18.5 Å². The van der Waals surface area contributed by atoms with Crippen molar-refractivity contribution in [2.24, 2.45) is 5.92 Å². The average Bonchev–Trinajstić information content (AvgIpc) is 3.31. The van der Waals surface area contributed by atoms with Crippen LogP contribution >= 0.6 is 0 Å². The highest BCUT2D eigenvalue weighted by molar-refractivity contribution is 5.97. The summed E-state index contributed by atoms with van der Waals surface area (Å²) < 4.78 is 41.0. The topological polar surface area (TPSA) is 127 Å². The lowest BCUT2D eigenvalue weighted by Crippen LogP contribution is -2.37. The van der Waals surface area contributed by atoms with Crippen molar-refractivity contribution in [1.29, 1.82) is 5.39 Å². The van der Waals surface area contributed by atoms with Gasteiger partial charge in [-0.2, -0.15) is 0 Å². The molecule has 0 spiro atoms. The number of fused-ring (bicyclic) bond motifs is 2. The lowest BCUT2D eigenvalue weighted by atomic mass is 9.98. The summed E-state index contributed by atoms with van der Waals surface area (Å²) in [6, 6.07) is 12.0. The van der Waals surface area contributed by atoms with Crippen molar-refractivity contribution >= 4 is 18.0 Å². The zero-order chi connectivity index (χ0) is 31.7. The highest BCUT2D eigenvalue weighted by Crippen LogP contribution is 2.36. The Balaban J connectivity index is 1.74. The smallest absolute Gasteiger partial charge is 0.342 e. The molecule has 5 atom stereocenters. The number of ether oxygens (including phenoxy) is 7. The molecule has 0 amide bonds. The van der Waals surface area contributed by atoms with Crippen LogP contribution in [0, 0.1) is 11.3 Å². The minimum atomic E-state index is -0.932. The Hall–Kier alpha value is -4.24. The highest BCUT2D eigenvalue weighted by Gasteiger charge is 2.45. The molecule has 2 aliphatic rings. The molecule has 0 bridgehead atoms. The average molecular weight is 608 g/mol. The van der Waals surface area contributed by atoms with Gasteiger partial charge in [0.15, 0.2) is 19.2 Å². The van der Waals surface area contributed by atoms with Crippen molar-refractivity contribution in [3.8, 4) is 11.5 Å². The number of diazo groups is 1. The van der Waals surface area contributed by atoms with Crippen molar-refractivity contribution in [2.75, 3.05) is 27.1 Å². The summed E-state index contributed by atoms with van der Waals surface area (Å²) in [7, 11) is 1.47. The standard InChI is InChI=1S/C33H39N2O9/c1-21-14-15-26(42-31(36)23-10-7-6-8-11-23)30-27(43-33(3,4)44-30)13-9-12-24-18-25(39-17-16-35-34)19-28(40-20-38-5)29(24)32(37)41-22(21)2/h6-12,14-15,18-19,21-22,26-27,30H,13,16-17,20H2,1-5H3/q+1/b12-9+,15-14-/t21-,22+,26?,27+,30?/m1/s1. The number of nitrogens with zero attached hydrogens (tertiary/aromatic N) is 2. The third kappa shape index (κ3) is 8.44. The van der Waals surface area contributed by atoms with Crippen LogP contribution in [0.2, 0.25) is 0 Å². The third-order valence-electron chi connectivity index (χ3n) is 7.20. The van der Waals surface area contributed by atoms with Gasteiger partial charge in [0.25, 0.3) is 0 Å². The molecule has 2 aromatic rings. The van der Waals surface area contributed by atoms with Gasteiger partial charge in [-0.15, -0.1) is 0 Å². The van der Waals surface area contributed by atoms with Crippen molar-refractivity contribution in [1.82, 2.24) is 0 Å². The number of benzene rings is 2. The summed E-state index contributed by atoms with van der Waals surface area (Å²) in [4.78, 5) is 29.8. The fraction of sp³-hybridized carbons (Fsp3) is 0.455. The van der Waals surface area contributed by atoms with Gasteiger partial charge in [-0.1, -0.05) is 43.4 Å². The largest absolute Gasteiger partial charge is 0.485 e. The zero-order valence-corrected chi connectivity index (χ0v) is 25.6.